The van der Waals surface area contributed by atoms with E-state index in [0.29, 0.717) is 37.0 Å². The van der Waals surface area contributed by atoms with E-state index < -0.39 is 15.1 Å². The number of hydrogen-bond acceptors (Lipinski definition) is 7. The number of amides is 1. The predicted molar refractivity (Wildman–Crippen MR) is 132 cm³/mol. The molecule has 1 aromatic heterocycles. The zero-order valence-corrected chi connectivity index (χ0v) is 21.1. The van der Waals surface area contributed by atoms with E-state index >= 15 is 0 Å². The fourth-order valence-corrected chi connectivity index (χ4v) is 6.11. The van der Waals surface area contributed by atoms with E-state index in [9.17, 15) is 13.2 Å². The lowest BCUT2D eigenvalue weighted by Crippen LogP contribution is -2.49. The standard InChI is InChI=1S/C23H26ClN3O4S2/c1-15(2)33(29,30)17-6-4-16(5-7-17)14-20(28)26-10-12-27(13-11-26)23-25-21-19(31-3)9-8-18(24)22(21)32-23/h4-9,15H,10-14H2,1-3H3. The van der Waals surface area contributed by atoms with Crippen LogP contribution in [0.25, 0.3) is 10.2 Å². The maximum atomic E-state index is 12.8. The van der Waals surface area contributed by atoms with E-state index in [-0.39, 0.29) is 17.2 Å². The first kappa shape index (κ1) is 23.8. The fourth-order valence-electron chi connectivity index (χ4n) is 3.74. The van der Waals surface area contributed by atoms with Gasteiger partial charge in [0.05, 0.1) is 33.4 Å². The molecule has 1 aliphatic rings. The molecule has 0 saturated carbocycles. The summed E-state index contributed by atoms with van der Waals surface area (Å²) in [6.07, 6.45) is 0.246. The molecule has 0 N–H and O–H groups in total. The van der Waals surface area contributed by atoms with Crippen molar-refractivity contribution in [2.24, 2.45) is 0 Å². The highest BCUT2D eigenvalue weighted by atomic mass is 35.5. The van der Waals surface area contributed by atoms with Crippen molar-refractivity contribution in [2.45, 2.75) is 30.4 Å². The summed E-state index contributed by atoms with van der Waals surface area (Å²) in [7, 11) is -1.70. The molecular formula is C23H26ClN3O4S2. The second-order valence-electron chi connectivity index (χ2n) is 8.21. The molecule has 1 fully saturated rings. The molecule has 0 bridgehead atoms. The highest BCUT2D eigenvalue weighted by molar-refractivity contribution is 7.92. The van der Waals surface area contributed by atoms with Gasteiger partial charge in [-0.1, -0.05) is 35.1 Å². The highest BCUT2D eigenvalue weighted by Gasteiger charge is 2.25. The van der Waals surface area contributed by atoms with Gasteiger partial charge in [0.25, 0.3) is 0 Å². The van der Waals surface area contributed by atoms with E-state index in [4.69, 9.17) is 21.3 Å². The molecule has 0 radical (unpaired) electrons. The molecule has 3 aromatic rings. The number of hydrogen-bond donors (Lipinski definition) is 0. The lowest BCUT2D eigenvalue weighted by molar-refractivity contribution is -0.130. The van der Waals surface area contributed by atoms with Gasteiger partial charge >= 0.3 is 0 Å². The molecule has 1 amide bonds. The van der Waals surface area contributed by atoms with Crippen LogP contribution in [-0.4, -0.2) is 62.7 Å². The number of fused-ring (bicyclic) bond motifs is 1. The largest absolute Gasteiger partial charge is 0.494 e. The Morgan fingerprint density at radius 3 is 2.39 bits per heavy atom. The average Bonchev–Trinajstić information content (AvgIpc) is 3.26. The Balaban J connectivity index is 1.39. The Hall–Kier alpha value is -2.36. The van der Waals surface area contributed by atoms with Crippen LogP contribution in [0.1, 0.15) is 19.4 Å². The molecule has 1 saturated heterocycles. The van der Waals surface area contributed by atoms with E-state index in [1.54, 1.807) is 45.2 Å². The number of rotatable bonds is 6. The van der Waals surface area contributed by atoms with Crippen molar-refractivity contribution in [1.29, 1.82) is 0 Å². The summed E-state index contributed by atoms with van der Waals surface area (Å²) >= 11 is 7.87. The molecule has 176 valence electrons. The third-order valence-electron chi connectivity index (χ3n) is 5.80. The second-order valence-corrected chi connectivity index (χ2v) is 12.1. The lowest BCUT2D eigenvalue weighted by Gasteiger charge is -2.34. The van der Waals surface area contributed by atoms with Gasteiger partial charge in [-0.05, 0) is 43.7 Å². The second kappa shape index (κ2) is 9.48. The summed E-state index contributed by atoms with van der Waals surface area (Å²) in [6, 6.07) is 10.2. The number of thiazole rings is 1. The molecule has 0 spiro atoms. The van der Waals surface area contributed by atoms with Gasteiger partial charge in [0.2, 0.25) is 5.91 Å². The van der Waals surface area contributed by atoms with Crippen LogP contribution in [-0.2, 0) is 21.1 Å². The predicted octanol–water partition coefficient (Wildman–Crippen LogP) is 4.03. The van der Waals surface area contributed by atoms with Crippen molar-refractivity contribution >= 4 is 54.0 Å². The van der Waals surface area contributed by atoms with Crippen molar-refractivity contribution in [3.63, 3.8) is 0 Å². The SMILES string of the molecule is COc1ccc(Cl)c2sc(N3CCN(C(=O)Cc4ccc(S(=O)(=O)C(C)C)cc4)CC3)nc12. The zero-order valence-electron chi connectivity index (χ0n) is 18.7. The van der Waals surface area contributed by atoms with E-state index in [0.717, 1.165) is 20.9 Å². The maximum absolute atomic E-state index is 12.8. The van der Waals surface area contributed by atoms with Crippen LogP contribution < -0.4 is 9.64 Å². The lowest BCUT2D eigenvalue weighted by atomic mass is 10.1. The molecule has 0 unspecified atom stereocenters. The van der Waals surface area contributed by atoms with Crippen LogP contribution in [0.2, 0.25) is 5.02 Å². The summed E-state index contributed by atoms with van der Waals surface area (Å²) in [4.78, 5) is 21.8. The van der Waals surface area contributed by atoms with Crippen LogP contribution in [0, 0.1) is 0 Å². The number of anilines is 1. The molecule has 2 aromatic carbocycles. The summed E-state index contributed by atoms with van der Waals surface area (Å²) in [5.74, 6) is 0.723. The Bertz CT molecular complexity index is 1260. The number of nitrogens with zero attached hydrogens (tertiary/aromatic N) is 3. The number of carbonyl (C=O) groups is 1. The quantitative estimate of drug-likeness (QED) is 0.501. The summed E-state index contributed by atoms with van der Waals surface area (Å²) in [5, 5.41) is 1.04. The number of sulfone groups is 1. The van der Waals surface area contributed by atoms with Crippen LogP contribution in [0.4, 0.5) is 5.13 Å². The van der Waals surface area contributed by atoms with E-state index in [1.165, 1.54) is 11.3 Å². The Kier molecular flexibility index (Phi) is 6.83. The molecule has 0 atom stereocenters. The Morgan fingerprint density at radius 2 is 1.79 bits per heavy atom. The number of ether oxygens (including phenoxy) is 1. The maximum Gasteiger partial charge on any atom is 0.227 e. The molecule has 33 heavy (non-hydrogen) atoms. The van der Waals surface area contributed by atoms with Crippen LogP contribution in [0.15, 0.2) is 41.3 Å². The zero-order chi connectivity index (χ0) is 23.8. The van der Waals surface area contributed by atoms with Gasteiger partial charge in [-0.15, -0.1) is 0 Å². The third kappa shape index (κ3) is 4.81. The summed E-state index contributed by atoms with van der Waals surface area (Å²) < 4.78 is 30.8. The van der Waals surface area contributed by atoms with Crippen molar-refractivity contribution < 1.29 is 17.9 Å². The number of piperazine rings is 1. The van der Waals surface area contributed by atoms with E-state index in [1.807, 2.05) is 17.0 Å². The van der Waals surface area contributed by atoms with E-state index in [2.05, 4.69) is 4.90 Å². The van der Waals surface area contributed by atoms with Crippen molar-refractivity contribution in [3.8, 4) is 5.75 Å². The van der Waals surface area contributed by atoms with Gasteiger partial charge in [-0.2, -0.15) is 0 Å². The number of aromatic nitrogens is 1. The topological polar surface area (TPSA) is 79.8 Å². The number of methoxy groups -OCH3 is 1. The summed E-state index contributed by atoms with van der Waals surface area (Å²) in [6.45, 7) is 5.87. The number of halogens is 1. The molecule has 10 heteroatoms. The summed E-state index contributed by atoms with van der Waals surface area (Å²) in [5.41, 5.74) is 1.56. The fraction of sp³-hybridized carbons (Fsp3) is 0.391. The first-order chi connectivity index (χ1) is 15.7. The number of benzene rings is 2. The van der Waals surface area contributed by atoms with Crippen molar-refractivity contribution in [1.82, 2.24) is 9.88 Å². The minimum Gasteiger partial charge on any atom is -0.494 e. The molecule has 1 aliphatic heterocycles. The monoisotopic (exact) mass is 507 g/mol. The molecule has 2 heterocycles. The first-order valence-electron chi connectivity index (χ1n) is 10.7. The minimum atomic E-state index is -3.31. The smallest absolute Gasteiger partial charge is 0.227 e. The first-order valence-corrected chi connectivity index (χ1v) is 13.4. The van der Waals surface area contributed by atoms with Gasteiger partial charge in [-0.25, -0.2) is 13.4 Å². The third-order valence-corrected chi connectivity index (χ3v) is 9.54. The van der Waals surface area contributed by atoms with Crippen LogP contribution in [0.3, 0.4) is 0 Å². The highest BCUT2D eigenvalue weighted by Crippen LogP contribution is 2.38. The van der Waals surface area contributed by atoms with Gasteiger partial charge in [-0.3, -0.25) is 4.79 Å². The van der Waals surface area contributed by atoms with Gasteiger partial charge in [0.15, 0.2) is 15.0 Å². The van der Waals surface area contributed by atoms with Crippen LogP contribution in [0.5, 0.6) is 5.75 Å². The van der Waals surface area contributed by atoms with Gasteiger partial charge < -0.3 is 14.5 Å². The Labute approximate surface area is 202 Å². The van der Waals surface area contributed by atoms with Crippen molar-refractivity contribution in [2.75, 3.05) is 38.2 Å². The molecular weight excluding hydrogens is 482 g/mol. The number of carbonyl (C=O) groups excluding carboxylic acids is 1. The molecule has 0 aliphatic carbocycles. The Morgan fingerprint density at radius 1 is 1.12 bits per heavy atom. The van der Waals surface area contributed by atoms with Gasteiger partial charge in [0, 0.05) is 26.2 Å². The van der Waals surface area contributed by atoms with Crippen molar-refractivity contribution in [3.05, 3.63) is 47.0 Å². The van der Waals surface area contributed by atoms with Gasteiger partial charge in [0.1, 0.15) is 11.3 Å². The average molecular weight is 508 g/mol. The van der Waals surface area contributed by atoms with Crippen LogP contribution >= 0.6 is 22.9 Å². The molecule has 4 rings (SSSR count). The minimum absolute atomic E-state index is 0.0307. The molecule has 7 nitrogen and oxygen atoms in total. The normalized spacial score (nSPS) is 14.8.